The van der Waals surface area contributed by atoms with Crippen LogP contribution in [-0.2, 0) is 9.84 Å². The summed E-state index contributed by atoms with van der Waals surface area (Å²) in [5.74, 6) is 0. The lowest BCUT2D eigenvalue weighted by Crippen LogP contribution is -2.18. The van der Waals surface area contributed by atoms with Crippen LogP contribution in [0.25, 0.3) is 0 Å². The molecule has 1 unspecified atom stereocenters. The number of aliphatic hydroxyl groups excluding tert-OH is 1. The minimum atomic E-state index is -3.22. The van der Waals surface area contributed by atoms with Crippen LogP contribution in [0, 0.1) is 5.41 Å². The quantitative estimate of drug-likeness (QED) is 0.864. The molecule has 3 nitrogen and oxygen atoms in total. The van der Waals surface area contributed by atoms with Gasteiger partial charge in [0, 0.05) is 6.26 Å². The highest BCUT2D eigenvalue weighted by molar-refractivity contribution is 7.90. The predicted molar refractivity (Wildman–Crippen MR) is 64.0 cm³/mol. The summed E-state index contributed by atoms with van der Waals surface area (Å²) in [5.41, 5.74) is 0.325. The molecule has 1 aromatic carbocycles. The van der Waals surface area contributed by atoms with Gasteiger partial charge in [0.05, 0.1) is 11.0 Å². The zero-order chi connectivity index (χ0) is 12.6. The minimum Gasteiger partial charge on any atom is -0.388 e. The van der Waals surface area contributed by atoms with Crippen molar-refractivity contribution in [3.63, 3.8) is 0 Å². The first-order valence-electron chi connectivity index (χ1n) is 5.10. The van der Waals surface area contributed by atoms with Gasteiger partial charge in [0.2, 0.25) is 0 Å². The molecule has 4 heteroatoms. The topological polar surface area (TPSA) is 54.4 Å². The molecule has 0 amide bonds. The lowest BCUT2D eigenvalue weighted by atomic mass is 9.85. The van der Waals surface area contributed by atoms with Crippen LogP contribution in [-0.4, -0.2) is 19.8 Å². The summed E-state index contributed by atoms with van der Waals surface area (Å²) in [7, 11) is -3.22. The summed E-state index contributed by atoms with van der Waals surface area (Å²) in [6.45, 7) is 5.72. The first kappa shape index (κ1) is 13.2. The molecule has 0 aliphatic rings. The molecule has 16 heavy (non-hydrogen) atoms. The molecule has 0 aromatic heterocycles. The summed E-state index contributed by atoms with van der Waals surface area (Å²) in [6.07, 6.45) is 0.490. The van der Waals surface area contributed by atoms with Gasteiger partial charge in [0.1, 0.15) is 0 Å². The van der Waals surface area contributed by atoms with Crippen molar-refractivity contribution < 1.29 is 13.5 Å². The number of benzene rings is 1. The third kappa shape index (κ3) is 3.06. The molecule has 0 aliphatic carbocycles. The Morgan fingerprint density at radius 3 is 2.25 bits per heavy atom. The Balaban J connectivity index is 3.19. The Kier molecular flexibility index (Phi) is 3.45. The van der Waals surface area contributed by atoms with Gasteiger partial charge in [-0.1, -0.05) is 32.9 Å². The van der Waals surface area contributed by atoms with Crippen molar-refractivity contribution in [3.05, 3.63) is 29.8 Å². The van der Waals surface area contributed by atoms with Gasteiger partial charge in [-0.25, -0.2) is 8.42 Å². The fourth-order valence-electron chi connectivity index (χ4n) is 1.42. The SMILES string of the molecule is CC(C)(C)C(O)c1cccc(S(C)(=O)=O)c1. The van der Waals surface area contributed by atoms with E-state index in [0.717, 1.165) is 6.26 Å². The van der Waals surface area contributed by atoms with Gasteiger partial charge >= 0.3 is 0 Å². The second-order valence-corrected chi connectivity index (χ2v) is 7.13. The maximum Gasteiger partial charge on any atom is 0.175 e. The highest BCUT2D eigenvalue weighted by atomic mass is 32.2. The summed E-state index contributed by atoms with van der Waals surface area (Å²) in [5, 5.41) is 10.1. The molecule has 0 heterocycles. The first-order valence-corrected chi connectivity index (χ1v) is 6.99. The zero-order valence-electron chi connectivity index (χ0n) is 10.1. The molecule has 1 atom stereocenters. The maximum atomic E-state index is 11.4. The number of rotatable bonds is 2. The van der Waals surface area contributed by atoms with E-state index in [0.29, 0.717) is 5.56 Å². The second kappa shape index (κ2) is 4.18. The largest absolute Gasteiger partial charge is 0.388 e. The second-order valence-electron chi connectivity index (χ2n) is 5.11. The molecule has 0 aliphatic heterocycles. The third-order valence-electron chi connectivity index (χ3n) is 2.42. The van der Waals surface area contributed by atoms with Crippen LogP contribution in [0.3, 0.4) is 0 Å². The number of hydrogen-bond acceptors (Lipinski definition) is 3. The Bertz CT molecular complexity index is 469. The highest BCUT2D eigenvalue weighted by Crippen LogP contribution is 2.33. The molecular weight excluding hydrogens is 224 g/mol. The first-order chi connectivity index (χ1) is 7.12. The van der Waals surface area contributed by atoms with Crippen molar-refractivity contribution in [2.75, 3.05) is 6.26 Å². The monoisotopic (exact) mass is 242 g/mol. The highest BCUT2D eigenvalue weighted by Gasteiger charge is 2.24. The number of sulfone groups is 1. The van der Waals surface area contributed by atoms with Crippen LogP contribution >= 0.6 is 0 Å². The lowest BCUT2D eigenvalue weighted by Gasteiger charge is -2.26. The summed E-state index contributed by atoms with van der Waals surface area (Å²) >= 11 is 0. The standard InChI is InChI=1S/C12H18O3S/c1-12(2,3)11(13)9-6-5-7-10(8-9)16(4,14)15/h5-8,11,13H,1-4H3. The minimum absolute atomic E-state index is 0.244. The molecule has 0 bridgehead atoms. The average molecular weight is 242 g/mol. The third-order valence-corrected chi connectivity index (χ3v) is 3.53. The molecule has 0 saturated heterocycles. The van der Waals surface area contributed by atoms with E-state index >= 15 is 0 Å². The van der Waals surface area contributed by atoms with Crippen LogP contribution in [0.5, 0.6) is 0 Å². The predicted octanol–water partition coefficient (Wildman–Crippen LogP) is 2.17. The van der Waals surface area contributed by atoms with E-state index in [1.807, 2.05) is 20.8 Å². The van der Waals surface area contributed by atoms with Crippen molar-refractivity contribution in [1.82, 2.24) is 0 Å². The fourth-order valence-corrected chi connectivity index (χ4v) is 2.09. The van der Waals surface area contributed by atoms with Gasteiger partial charge < -0.3 is 5.11 Å². The number of hydrogen-bond donors (Lipinski definition) is 1. The Morgan fingerprint density at radius 2 is 1.81 bits per heavy atom. The summed E-state index contributed by atoms with van der Waals surface area (Å²) in [6, 6.07) is 6.46. The molecule has 0 radical (unpaired) electrons. The molecule has 1 N–H and O–H groups in total. The number of aliphatic hydroxyl groups is 1. The van der Waals surface area contributed by atoms with Crippen molar-refractivity contribution in [2.45, 2.75) is 31.8 Å². The Labute approximate surface area is 97.0 Å². The van der Waals surface area contributed by atoms with Crippen LogP contribution in [0.15, 0.2) is 29.2 Å². The van der Waals surface area contributed by atoms with Crippen LogP contribution in [0.4, 0.5) is 0 Å². The maximum absolute atomic E-state index is 11.4. The average Bonchev–Trinajstić information content (AvgIpc) is 2.14. The van der Waals surface area contributed by atoms with Crippen molar-refractivity contribution in [2.24, 2.45) is 5.41 Å². The van der Waals surface area contributed by atoms with Gasteiger partial charge in [0.15, 0.2) is 9.84 Å². The van der Waals surface area contributed by atoms with E-state index in [9.17, 15) is 13.5 Å². The smallest absolute Gasteiger partial charge is 0.175 e. The molecule has 0 saturated carbocycles. The van der Waals surface area contributed by atoms with Crippen molar-refractivity contribution >= 4 is 9.84 Å². The van der Waals surface area contributed by atoms with E-state index in [-0.39, 0.29) is 10.3 Å². The molecule has 1 aromatic rings. The zero-order valence-corrected chi connectivity index (χ0v) is 10.9. The van der Waals surface area contributed by atoms with Crippen LogP contribution in [0.1, 0.15) is 32.4 Å². The van der Waals surface area contributed by atoms with E-state index < -0.39 is 15.9 Å². The van der Waals surface area contributed by atoms with Gasteiger partial charge in [-0.15, -0.1) is 0 Å². The Morgan fingerprint density at radius 1 is 1.25 bits per heavy atom. The van der Waals surface area contributed by atoms with E-state index in [1.165, 1.54) is 12.1 Å². The van der Waals surface area contributed by atoms with E-state index in [2.05, 4.69) is 0 Å². The van der Waals surface area contributed by atoms with E-state index in [4.69, 9.17) is 0 Å². The van der Waals surface area contributed by atoms with Crippen molar-refractivity contribution in [3.8, 4) is 0 Å². The van der Waals surface area contributed by atoms with Crippen LogP contribution < -0.4 is 0 Å². The van der Waals surface area contributed by atoms with Gasteiger partial charge in [-0.2, -0.15) is 0 Å². The fraction of sp³-hybridized carbons (Fsp3) is 0.500. The molecule has 0 spiro atoms. The summed E-state index contributed by atoms with van der Waals surface area (Å²) < 4.78 is 22.8. The van der Waals surface area contributed by atoms with Gasteiger partial charge in [-0.3, -0.25) is 0 Å². The van der Waals surface area contributed by atoms with E-state index in [1.54, 1.807) is 12.1 Å². The van der Waals surface area contributed by atoms with Gasteiger partial charge in [0.25, 0.3) is 0 Å². The molecule has 0 fully saturated rings. The normalized spacial score (nSPS) is 14.8. The Hall–Kier alpha value is -0.870. The molecule has 90 valence electrons. The lowest BCUT2D eigenvalue weighted by molar-refractivity contribution is 0.0625. The summed E-state index contributed by atoms with van der Waals surface area (Å²) in [4.78, 5) is 0.244. The molecular formula is C12H18O3S. The van der Waals surface area contributed by atoms with Crippen LogP contribution in [0.2, 0.25) is 0 Å². The van der Waals surface area contributed by atoms with Crippen molar-refractivity contribution in [1.29, 1.82) is 0 Å². The van der Waals surface area contributed by atoms with Gasteiger partial charge in [-0.05, 0) is 23.1 Å². The molecule has 1 rings (SSSR count).